The third kappa shape index (κ3) is 3.43. The molecule has 2 aromatic carbocycles. The van der Waals surface area contributed by atoms with E-state index in [4.69, 9.17) is 5.11 Å². The van der Waals surface area contributed by atoms with E-state index in [1.807, 2.05) is 6.92 Å². The average molecular weight is 323 g/mol. The first-order valence-corrected chi connectivity index (χ1v) is 7.96. The predicted octanol–water partition coefficient (Wildman–Crippen LogP) is 2.89. The molecule has 116 valence electrons. The molecular weight excluding hydrogens is 309 g/mol. The molecule has 0 amide bonds. The van der Waals surface area contributed by atoms with Gasteiger partial charge in [0.25, 0.3) is 10.0 Å². The van der Waals surface area contributed by atoms with E-state index in [9.17, 15) is 17.6 Å². The molecule has 2 rings (SSSR count). The summed E-state index contributed by atoms with van der Waals surface area (Å²) in [5.41, 5.74) is 0.342. The van der Waals surface area contributed by atoms with Crippen molar-refractivity contribution in [3.63, 3.8) is 0 Å². The maximum atomic E-state index is 13.1. The lowest BCUT2D eigenvalue weighted by molar-refractivity contribution is 0.0697. The Morgan fingerprint density at radius 2 is 1.82 bits per heavy atom. The van der Waals surface area contributed by atoms with Gasteiger partial charge in [-0.3, -0.25) is 4.72 Å². The van der Waals surface area contributed by atoms with E-state index >= 15 is 0 Å². The van der Waals surface area contributed by atoms with Crippen LogP contribution in [0.25, 0.3) is 0 Å². The van der Waals surface area contributed by atoms with Gasteiger partial charge in [0, 0.05) is 0 Å². The SMILES string of the molecule is CCc1ccc(S(=O)(=O)Nc2ccc(F)cc2C(=O)O)cc1. The van der Waals surface area contributed by atoms with Gasteiger partial charge in [-0.05, 0) is 42.3 Å². The van der Waals surface area contributed by atoms with Gasteiger partial charge in [-0.2, -0.15) is 0 Å². The Balaban J connectivity index is 2.38. The van der Waals surface area contributed by atoms with Crippen molar-refractivity contribution in [2.75, 3.05) is 4.72 Å². The molecule has 2 N–H and O–H groups in total. The molecule has 2 aromatic rings. The summed E-state index contributed by atoms with van der Waals surface area (Å²) in [6, 6.07) is 9.06. The normalized spacial score (nSPS) is 11.2. The number of halogens is 1. The van der Waals surface area contributed by atoms with Gasteiger partial charge in [0.05, 0.1) is 16.1 Å². The number of aromatic carboxylic acids is 1. The van der Waals surface area contributed by atoms with Gasteiger partial charge in [0.1, 0.15) is 5.82 Å². The summed E-state index contributed by atoms with van der Waals surface area (Å²) in [5.74, 6) is -2.17. The molecule has 0 fully saturated rings. The van der Waals surface area contributed by atoms with Crippen molar-refractivity contribution < 1.29 is 22.7 Å². The number of hydrogen-bond donors (Lipinski definition) is 2. The van der Waals surface area contributed by atoms with Crippen molar-refractivity contribution in [3.05, 3.63) is 59.4 Å². The second kappa shape index (κ2) is 6.15. The molecule has 0 aromatic heterocycles. The summed E-state index contributed by atoms with van der Waals surface area (Å²) in [5, 5.41) is 9.02. The van der Waals surface area contributed by atoms with Crippen LogP contribution in [0.2, 0.25) is 0 Å². The largest absolute Gasteiger partial charge is 0.478 e. The highest BCUT2D eigenvalue weighted by atomic mass is 32.2. The molecule has 22 heavy (non-hydrogen) atoms. The van der Waals surface area contributed by atoms with Crippen LogP contribution in [-0.2, 0) is 16.4 Å². The first-order chi connectivity index (χ1) is 10.3. The Hall–Kier alpha value is -2.41. The van der Waals surface area contributed by atoms with Crippen LogP contribution in [-0.4, -0.2) is 19.5 Å². The molecule has 0 aliphatic carbocycles. The first kappa shape index (κ1) is 16.0. The fourth-order valence-electron chi connectivity index (χ4n) is 1.89. The number of carbonyl (C=O) groups is 1. The fraction of sp³-hybridized carbons (Fsp3) is 0.133. The van der Waals surface area contributed by atoms with Gasteiger partial charge >= 0.3 is 5.97 Å². The molecule has 0 atom stereocenters. The monoisotopic (exact) mass is 323 g/mol. The topological polar surface area (TPSA) is 83.5 Å². The van der Waals surface area contributed by atoms with Crippen LogP contribution in [0.3, 0.4) is 0 Å². The van der Waals surface area contributed by atoms with Gasteiger partial charge < -0.3 is 5.11 Å². The summed E-state index contributed by atoms with van der Waals surface area (Å²) in [6.07, 6.45) is 0.773. The molecule has 7 heteroatoms. The highest BCUT2D eigenvalue weighted by Gasteiger charge is 2.19. The smallest absolute Gasteiger partial charge is 0.337 e. The molecule has 5 nitrogen and oxygen atoms in total. The Kier molecular flexibility index (Phi) is 4.46. The standard InChI is InChI=1S/C15H14FNO4S/c1-2-10-3-6-12(7-4-10)22(20,21)17-14-8-5-11(16)9-13(14)15(18)19/h3-9,17H,2H2,1H3,(H,18,19). The quantitative estimate of drug-likeness (QED) is 0.886. The Morgan fingerprint density at radius 3 is 2.36 bits per heavy atom. The molecular formula is C15H14FNO4S. The van der Waals surface area contributed by atoms with E-state index in [0.29, 0.717) is 0 Å². The molecule has 0 heterocycles. The molecule has 0 spiro atoms. The molecule has 0 aliphatic rings. The van der Waals surface area contributed by atoms with Crippen molar-refractivity contribution in [3.8, 4) is 0 Å². The van der Waals surface area contributed by atoms with Gasteiger partial charge in [0.2, 0.25) is 0 Å². The zero-order valence-electron chi connectivity index (χ0n) is 11.7. The third-order valence-corrected chi connectivity index (χ3v) is 4.48. The fourth-order valence-corrected chi connectivity index (χ4v) is 2.97. The van der Waals surface area contributed by atoms with E-state index < -0.39 is 27.4 Å². The van der Waals surface area contributed by atoms with Crippen molar-refractivity contribution in [1.29, 1.82) is 0 Å². The van der Waals surface area contributed by atoms with E-state index in [1.165, 1.54) is 12.1 Å². The summed E-state index contributed by atoms with van der Waals surface area (Å²) in [4.78, 5) is 11.1. The molecule has 0 saturated carbocycles. The Bertz CT molecular complexity index is 801. The summed E-state index contributed by atoms with van der Waals surface area (Å²) >= 11 is 0. The number of aryl methyl sites for hydroxylation is 1. The van der Waals surface area contributed by atoms with Crippen LogP contribution in [0, 0.1) is 5.82 Å². The maximum absolute atomic E-state index is 13.1. The van der Waals surface area contributed by atoms with E-state index in [1.54, 1.807) is 12.1 Å². The van der Waals surface area contributed by atoms with Crippen LogP contribution in [0.5, 0.6) is 0 Å². The molecule has 0 aliphatic heterocycles. The molecule has 0 bridgehead atoms. The zero-order chi connectivity index (χ0) is 16.3. The van der Waals surface area contributed by atoms with Gasteiger partial charge in [0.15, 0.2) is 0 Å². The molecule has 0 unspecified atom stereocenters. The van der Waals surface area contributed by atoms with Crippen molar-refractivity contribution in [1.82, 2.24) is 0 Å². The van der Waals surface area contributed by atoms with Crippen LogP contribution < -0.4 is 4.72 Å². The van der Waals surface area contributed by atoms with Gasteiger partial charge in [-0.25, -0.2) is 17.6 Å². The number of hydrogen-bond acceptors (Lipinski definition) is 3. The van der Waals surface area contributed by atoms with Crippen molar-refractivity contribution >= 4 is 21.7 Å². The Labute approximate surface area is 127 Å². The van der Waals surface area contributed by atoms with Crippen molar-refractivity contribution in [2.24, 2.45) is 0 Å². The number of anilines is 1. The van der Waals surface area contributed by atoms with Gasteiger partial charge in [-0.1, -0.05) is 19.1 Å². The summed E-state index contributed by atoms with van der Waals surface area (Å²) in [7, 11) is -3.94. The lowest BCUT2D eigenvalue weighted by Crippen LogP contribution is -2.15. The molecule has 0 saturated heterocycles. The highest BCUT2D eigenvalue weighted by molar-refractivity contribution is 7.92. The number of sulfonamides is 1. The number of carboxylic acid groups (broad SMARTS) is 1. The third-order valence-electron chi connectivity index (χ3n) is 3.10. The lowest BCUT2D eigenvalue weighted by Gasteiger charge is -2.11. The highest BCUT2D eigenvalue weighted by Crippen LogP contribution is 2.21. The number of nitrogens with one attached hydrogen (secondary N) is 1. The van der Waals surface area contributed by atoms with Crippen LogP contribution in [0.1, 0.15) is 22.8 Å². The minimum Gasteiger partial charge on any atom is -0.478 e. The second-order valence-corrected chi connectivity index (χ2v) is 6.28. The predicted molar refractivity (Wildman–Crippen MR) is 80.0 cm³/mol. The second-order valence-electron chi connectivity index (χ2n) is 4.60. The number of carboxylic acids is 1. The van der Waals surface area contributed by atoms with Crippen LogP contribution in [0.4, 0.5) is 10.1 Å². The maximum Gasteiger partial charge on any atom is 0.337 e. The average Bonchev–Trinajstić information content (AvgIpc) is 2.48. The number of benzene rings is 2. The summed E-state index contributed by atoms with van der Waals surface area (Å²) in [6.45, 7) is 1.94. The minimum absolute atomic E-state index is 0.00497. The first-order valence-electron chi connectivity index (χ1n) is 6.48. The Morgan fingerprint density at radius 1 is 1.18 bits per heavy atom. The van der Waals surface area contributed by atoms with E-state index in [2.05, 4.69) is 4.72 Å². The van der Waals surface area contributed by atoms with Gasteiger partial charge in [-0.15, -0.1) is 0 Å². The van der Waals surface area contributed by atoms with Crippen molar-refractivity contribution in [2.45, 2.75) is 18.2 Å². The van der Waals surface area contributed by atoms with Crippen LogP contribution >= 0.6 is 0 Å². The number of rotatable bonds is 5. The zero-order valence-corrected chi connectivity index (χ0v) is 12.5. The summed E-state index contributed by atoms with van der Waals surface area (Å²) < 4.78 is 39.8. The lowest BCUT2D eigenvalue weighted by atomic mass is 10.2. The minimum atomic E-state index is -3.94. The van der Waals surface area contributed by atoms with E-state index in [-0.39, 0.29) is 10.6 Å². The molecule has 0 radical (unpaired) electrons. The van der Waals surface area contributed by atoms with Crippen LogP contribution in [0.15, 0.2) is 47.4 Å². The van der Waals surface area contributed by atoms with E-state index in [0.717, 1.165) is 30.2 Å².